The molecule has 0 N–H and O–H groups in total. The zero-order valence-electron chi connectivity index (χ0n) is 14.5. The van der Waals surface area contributed by atoms with Gasteiger partial charge in [0, 0.05) is 23.3 Å². The summed E-state index contributed by atoms with van der Waals surface area (Å²) < 4.78 is 54.0. The molecule has 0 spiro atoms. The average molecular weight is 425 g/mol. The van der Waals surface area contributed by atoms with Crippen molar-refractivity contribution >= 4 is 33.5 Å². The highest BCUT2D eigenvalue weighted by Gasteiger charge is 2.25. The molecule has 0 unspecified atom stereocenters. The summed E-state index contributed by atoms with van der Waals surface area (Å²) in [5, 5.41) is 4.18. The zero-order valence-corrected chi connectivity index (χ0v) is 16.2. The van der Waals surface area contributed by atoms with Crippen LogP contribution in [-0.4, -0.2) is 27.2 Å². The number of pyridine rings is 1. The lowest BCUT2D eigenvalue weighted by molar-refractivity contribution is 0.0566. The Kier molecular flexibility index (Phi) is 5.22. The summed E-state index contributed by atoms with van der Waals surface area (Å²) in [6.07, 6.45) is 3.80. The molecule has 146 valence electrons. The molecule has 0 aliphatic heterocycles. The second-order valence-corrected chi connectivity index (χ2v) is 7.80. The van der Waals surface area contributed by atoms with Crippen LogP contribution in [0.2, 0.25) is 0 Å². The van der Waals surface area contributed by atoms with Crippen LogP contribution < -0.4 is 0 Å². The molecule has 0 radical (unpaired) electrons. The van der Waals surface area contributed by atoms with Gasteiger partial charge in [-0.05, 0) is 37.3 Å². The van der Waals surface area contributed by atoms with Gasteiger partial charge in [-0.15, -0.1) is 12.4 Å². The lowest BCUT2D eigenvalue weighted by atomic mass is 10.2. The molecule has 3 heterocycles. The van der Waals surface area contributed by atoms with Crippen molar-refractivity contribution in [3.05, 3.63) is 66.6 Å². The first-order chi connectivity index (χ1) is 12.9. The quantitative estimate of drug-likeness (QED) is 0.490. The predicted octanol–water partition coefficient (Wildman–Crippen LogP) is 4.26. The van der Waals surface area contributed by atoms with E-state index in [1.807, 2.05) is 6.92 Å². The Balaban J connectivity index is 0.00000225. The Morgan fingerprint density at radius 2 is 1.82 bits per heavy atom. The smallest absolute Gasteiger partial charge is 0.237 e. The van der Waals surface area contributed by atoms with Crippen molar-refractivity contribution in [1.29, 1.82) is 0 Å². The van der Waals surface area contributed by atoms with E-state index in [-0.39, 0.29) is 34.2 Å². The number of aromatic nitrogens is 4. The number of hydrogen-bond donors (Lipinski definition) is 0. The van der Waals surface area contributed by atoms with Crippen LogP contribution >= 0.6 is 12.4 Å². The fourth-order valence-corrected chi connectivity index (χ4v) is 4.34. The normalized spacial score (nSPS) is 11.7. The SMILES string of the molecule is Cc1ccc(S(=O)(=O)n2c(-c3cnn(C(F)F)c3)cc3cccnc32)cc1.Cl. The third-order valence-corrected chi connectivity index (χ3v) is 5.89. The van der Waals surface area contributed by atoms with Crippen molar-refractivity contribution in [2.45, 2.75) is 18.4 Å². The molecule has 0 aliphatic carbocycles. The van der Waals surface area contributed by atoms with Crippen molar-refractivity contribution in [1.82, 2.24) is 18.7 Å². The molecule has 4 aromatic rings. The Hall–Kier alpha value is -2.78. The summed E-state index contributed by atoms with van der Waals surface area (Å²) in [5.41, 5.74) is 1.61. The fourth-order valence-electron chi connectivity index (χ4n) is 2.85. The highest BCUT2D eigenvalue weighted by molar-refractivity contribution is 7.90. The maximum Gasteiger partial charge on any atom is 0.333 e. The molecule has 4 rings (SSSR count). The van der Waals surface area contributed by atoms with E-state index in [9.17, 15) is 17.2 Å². The van der Waals surface area contributed by atoms with Crippen LogP contribution in [-0.2, 0) is 10.0 Å². The van der Waals surface area contributed by atoms with Gasteiger partial charge in [-0.3, -0.25) is 0 Å². The summed E-state index contributed by atoms with van der Waals surface area (Å²) in [7, 11) is -4.00. The van der Waals surface area contributed by atoms with Gasteiger partial charge >= 0.3 is 6.55 Å². The largest absolute Gasteiger partial charge is 0.333 e. The van der Waals surface area contributed by atoms with Crippen LogP contribution in [0.3, 0.4) is 0 Å². The van der Waals surface area contributed by atoms with Crippen molar-refractivity contribution in [3.63, 3.8) is 0 Å². The predicted molar refractivity (Wildman–Crippen MR) is 103 cm³/mol. The zero-order chi connectivity index (χ0) is 19.2. The van der Waals surface area contributed by atoms with Crippen LogP contribution in [0.5, 0.6) is 0 Å². The molecule has 10 heteroatoms. The molecule has 6 nitrogen and oxygen atoms in total. The number of aryl methyl sites for hydroxylation is 1. The van der Waals surface area contributed by atoms with E-state index in [4.69, 9.17) is 0 Å². The highest BCUT2D eigenvalue weighted by Crippen LogP contribution is 2.31. The van der Waals surface area contributed by atoms with Crippen LogP contribution in [0.25, 0.3) is 22.3 Å². The number of rotatable bonds is 4. The van der Waals surface area contributed by atoms with E-state index in [0.29, 0.717) is 10.1 Å². The molecule has 28 heavy (non-hydrogen) atoms. The number of fused-ring (bicyclic) bond motifs is 1. The molecule has 0 saturated heterocycles. The van der Waals surface area contributed by atoms with Gasteiger partial charge in [0.25, 0.3) is 10.0 Å². The van der Waals surface area contributed by atoms with Crippen LogP contribution in [0, 0.1) is 6.92 Å². The van der Waals surface area contributed by atoms with Gasteiger partial charge in [-0.25, -0.2) is 22.1 Å². The number of halogens is 3. The monoisotopic (exact) mass is 424 g/mol. The lowest BCUT2D eigenvalue weighted by Gasteiger charge is -2.11. The summed E-state index contributed by atoms with van der Waals surface area (Å²) in [6, 6.07) is 11.4. The van der Waals surface area contributed by atoms with E-state index >= 15 is 0 Å². The minimum absolute atomic E-state index is 0. The van der Waals surface area contributed by atoms with Gasteiger partial charge in [-0.1, -0.05) is 17.7 Å². The lowest BCUT2D eigenvalue weighted by Crippen LogP contribution is -2.14. The number of alkyl halides is 2. The number of hydrogen-bond acceptors (Lipinski definition) is 4. The third kappa shape index (κ3) is 3.27. The molecule has 0 bridgehead atoms. The van der Waals surface area contributed by atoms with E-state index in [1.165, 1.54) is 24.5 Å². The van der Waals surface area contributed by atoms with Gasteiger partial charge in [0.15, 0.2) is 5.65 Å². The first-order valence-electron chi connectivity index (χ1n) is 7.99. The van der Waals surface area contributed by atoms with Gasteiger partial charge in [0.05, 0.1) is 16.8 Å². The molecule has 1 aromatic carbocycles. The van der Waals surface area contributed by atoms with Crippen LogP contribution in [0.15, 0.2) is 66.0 Å². The third-order valence-electron chi connectivity index (χ3n) is 4.18. The minimum Gasteiger partial charge on any atom is -0.237 e. The first-order valence-corrected chi connectivity index (χ1v) is 9.43. The Bertz CT molecular complexity index is 1230. The van der Waals surface area contributed by atoms with Gasteiger partial charge in [0.1, 0.15) is 0 Å². The number of benzene rings is 1. The summed E-state index contributed by atoms with van der Waals surface area (Å²) in [4.78, 5) is 4.27. The minimum atomic E-state index is -4.00. The van der Waals surface area contributed by atoms with E-state index < -0.39 is 16.6 Å². The topological polar surface area (TPSA) is 69.8 Å². The molecule has 3 aromatic heterocycles. The Morgan fingerprint density at radius 1 is 1.11 bits per heavy atom. The number of nitrogens with zero attached hydrogens (tertiary/aromatic N) is 4. The maximum absolute atomic E-state index is 13.3. The second-order valence-electron chi connectivity index (χ2n) is 6.01. The highest BCUT2D eigenvalue weighted by atomic mass is 35.5. The van der Waals surface area contributed by atoms with E-state index in [2.05, 4.69) is 10.1 Å². The van der Waals surface area contributed by atoms with E-state index in [0.717, 1.165) is 15.7 Å². The molecule has 0 aliphatic rings. The van der Waals surface area contributed by atoms with Gasteiger partial charge in [0.2, 0.25) is 0 Å². The standard InChI is InChI=1S/C18H14F2N4O2S.ClH/c1-12-4-6-15(7-5-12)27(25,26)24-16(9-13-3-2-8-21-17(13)24)14-10-22-23(11-14)18(19)20;/h2-11,18H,1H3;1H. The van der Waals surface area contributed by atoms with Gasteiger partial charge in [-0.2, -0.15) is 13.9 Å². The Morgan fingerprint density at radius 3 is 2.46 bits per heavy atom. The van der Waals surface area contributed by atoms with Crippen molar-refractivity contribution < 1.29 is 17.2 Å². The van der Waals surface area contributed by atoms with Crippen LogP contribution in [0.4, 0.5) is 8.78 Å². The molecular formula is C18H15ClF2N4O2S. The molecule has 0 atom stereocenters. The Labute approximate surface area is 165 Å². The van der Waals surface area contributed by atoms with Crippen molar-refractivity contribution in [2.24, 2.45) is 0 Å². The van der Waals surface area contributed by atoms with Crippen LogP contribution in [0.1, 0.15) is 12.1 Å². The fraction of sp³-hybridized carbons (Fsp3) is 0.111. The van der Waals surface area contributed by atoms with Gasteiger partial charge < -0.3 is 0 Å². The molecular weight excluding hydrogens is 410 g/mol. The first kappa shape index (κ1) is 20.0. The molecule has 0 amide bonds. The van der Waals surface area contributed by atoms with Crippen molar-refractivity contribution in [3.8, 4) is 11.3 Å². The molecule has 0 saturated carbocycles. The second kappa shape index (κ2) is 7.33. The summed E-state index contributed by atoms with van der Waals surface area (Å²) in [5.74, 6) is 0. The summed E-state index contributed by atoms with van der Waals surface area (Å²) >= 11 is 0. The van der Waals surface area contributed by atoms with E-state index in [1.54, 1.807) is 30.3 Å². The molecule has 0 fully saturated rings. The average Bonchev–Trinajstić information content (AvgIpc) is 3.27. The van der Waals surface area contributed by atoms with Crippen molar-refractivity contribution in [2.75, 3.05) is 0 Å². The summed E-state index contributed by atoms with van der Waals surface area (Å²) in [6.45, 7) is -0.962. The maximum atomic E-state index is 13.3.